The van der Waals surface area contributed by atoms with Crippen LogP contribution in [0.3, 0.4) is 0 Å². The number of nitrogens with zero attached hydrogens (tertiary/aromatic N) is 4. The number of halogens is 4. The van der Waals surface area contributed by atoms with Crippen molar-refractivity contribution >= 4 is 34.7 Å². The molecule has 3 heterocycles. The second kappa shape index (κ2) is 10.7. The number of nitrogens with one attached hydrogen (secondary N) is 2. The largest absolute Gasteiger partial charge is 0.483 e. The maximum Gasteiger partial charge on any atom is 0.416 e. The number of hydrogen-bond donors (Lipinski definition) is 2. The van der Waals surface area contributed by atoms with Crippen molar-refractivity contribution in [2.24, 2.45) is 0 Å². The van der Waals surface area contributed by atoms with Gasteiger partial charge in [-0.1, -0.05) is 11.6 Å². The van der Waals surface area contributed by atoms with Crippen LogP contribution in [0.1, 0.15) is 29.8 Å². The SMILES string of the molecule is CN1CCN(c2cc(NC(=O)c3ccc(Cl)c(Oc4ncnc5c4OCC(C)(C)N5)c3)cc(C(F)(F)F)c2)CC1. The molecule has 0 aliphatic carbocycles. The Morgan fingerprint density at radius 3 is 2.60 bits per heavy atom. The molecule has 9 nitrogen and oxygen atoms in total. The van der Waals surface area contributed by atoms with Crippen molar-refractivity contribution in [1.29, 1.82) is 0 Å². The number of carbonyl (C=O) groups excluding carboxylic acids is 1. The summed E-state index contributed by atoms with van der Waals surface area (Å²) in [6.07, 6.45) is -3.27. The van der Waals surface area contributed by atoms with Crippen LogP contribution in [-0.4, -0.2) is 66.1 Å². The Labute approximate surface area is 234 Å². The van der Waals surface area contributed by atoms with E-state index in [1.807, 2.05) is 25.8 Å². The lowest BCUT2D eigenvalue weighted by Gasteiger charge is -2.34. The van der Waals surface area contributed by atoms with E-state index in [1.165, 1.54) is 24.5 Å². The Bertz CT molecular complexity index is 1430. The van der Waals surface area contributed by atoms with Gasteiger partial charge in [-0.05, 0) is 57.3 Å². The molecular formula is C27H28ClF3N6O3. The molecule has 40 heavy (non-hydrogen) atoms. The van der Waals surface area contributed by atoms with Crippen LogP contribution in [-0.2, 0) is 6.18 Å². The van der Waals surface area contributed by atoms with E-state index in [9.17, 15) is 18.0 Å². The molecule has 2 aliphatic heterocycles. The summed E-state index contributed by atoms with van der Waals surface area (Å²) in [4.78, 5) is 25.5. The quantitative estimate of drug-likeness (QED) is 0.410. The highest BCUT2D eigenvalue weighted by atomic mass is 35.5. The molecule has 2 aliphatic rings. The van der Waals surface area contributed by atoms with Crippen molar-refractivity contribution in [3.63, 3.8) is 0 Å². The minimum absolute atomic E-state index is 0.0260. The Balaban J connectivity index is 1.39. The zero-order valence-corrected chi connectivity index (χ0v) is 22.9. The fourth-order valence-corrected chi connectivity index (χ4v) is 4.54. The molecule has 3 aromatic rings. The predicted octanol–water partition coefficient (Wildman–Crippen LogP) is 5.53. The van der Waals surface area contributed by atoms with E-state index < -0.39 is 17.6 Å². The van der Waals surface area contributed by atoms with Gasteiger partial charge >= 0.3 is 6.18 Å². The van der Waals surface area contributed by atoms with Crippen LogP contribution >= 0.6 is 11.6 Å². The lowest BCUT2D eigenvalue weighted by molar-refractivity contribution is -0.137. The van der Waals surface area contributed by atoms with Crippen LogP contribution in [0.2, 0.25) is 5.02 Å². The maximum absolute atomic E-state index is 13.7. The van der Waals surface area contributed by atoms with Crippen LogP contribution in [0, 0.1) is 0 Å². The predicted molar refractivity (Wildman–Crippen MR) is 146 cm³/mol. The van der Waals surface area contributed by atoms with E-state index in [0.717, 1.165) is 25.2 Å². The summed E-state index contributed by atoms with van der Waals surface area (Å²) in [6.45, 7) is 6.85. The first-order chi connectivity index (χ1) is 18.9. The average Bonchev–Trinajstić information content (AvgIpc) is 2.89. The number of alkyl halides is 3. The fraction of sp³-hybridized carbons (Fsp3) is 0.370. The van der Waals surface area contributed by atoms with Crippen LogP contribution < -0.4 is 25.0 Å². The highest BCUT2D eigenvalue weighted by molar-refractivity contribution is 6.32. The number of fused-ring (bicyclic) bond motifs is 1. The molecule has 0 bridgehead atoms. The number of ether oxygens (including phenoxy) is 2. The van der Waals surface area contributed by atoms with Gasteiger partial charge in [0.1, 0.15) is 18.7 Å². The molecular weight excluding hydrogens is 549 g/mol. The second-order valence-electron chi connectivity index (χ2n) is 10.4. The summed E-state index contributed by atoms with van der Waals surface area (Å²) in [5.74, 6) is 0.336. The van der Waals surface area contributed by atoms with Crippen molar-refractivity contribution in [3.05, 3.63) is 58.9 Å². The first kappa shape index (κ1) is 27.8. The normalized spacial score (nSPS) is 16.9. The number of anilines is 3. The van der Waals surface area contributed by atoms with E-state index in [1.54, 1.807) is 6.07 Å². The molecule has 1 aromatic heterocycles. The minimum atomic E-state index is -4.58. The zero-order chi connectivity index (χ0) is 28.7. The summed E-state index contributed by atoms with van der Waals surface area (Å²) in [7, 11) is 1.96. The number of piperazine rings is 1. The van der Waals surface area contributed by atoms with E-state index in [2.05, 4.69) is 25.5 Å². The number of rotatable bonds is 5. The van der Waals surface area contributed by atoms with E-state index in [0.29, 0.717) is 37.0 Å². The van der Waals surface area contributed by atoms with Gasteiger partial charge in [-0.25, -0.2) is 4.98 Å². The van der Waals surface area contributed by atoms with Crippen LogP contribution in [0.25, 0.3) is 0 Å². The van der Waals surface area contributed by atoms with Crippen molar-refractivity contribution in [1.82, 2.24) is 14.9 Å². The summed E-state index contributed by atoms with van der Waals surface area (Å²) in [5.41, 5.74) is -0.644. The monoisotopic (exact) mass is 576 g/mol. The molecule has 0 saturated carbocycles. The molecule has 2 N–H and O–H groups in total. The fourth-order valence-electron chi connectivity index (χ4n) is 4.38. The van der Waals surface area contributed by atoms with Gasteiger partial charge in [-0.2, -0.15) is 18.2 Å². The maximum atomic E-state index is 13.7. The Morgan fingerprint density at radius 1 is 1.12 bits per heavy atom. The molecule has 0 radical (unpaired) electrons. The smallest absolute Gasteiger partial charge is 0.416 e. The lowest BCUT2D eigenvalue weighted by Crippen LogP contribution is -2.44. The topological polar surface area (TPSA) is 91.9 Å². The molecule has 1 saturated heterocycles. The van der Waals surface area contributed by atoms with E-state index in [-0.39, 0.29) is 33.4 Å². The van der Waals surface area contributed by atoms with Gasteiger partial charge in [0.15, 0.2) is 5.82 Å². The highest BCUT2D eigenvalue weighted by Crippen LogP contribution is 2.41. The van der Waals surface area contributed by atoms with Gasteiger partial charge in [0, 0.05) is 43.1 Å². The first-order valence-corrected chi connectivity index (χ1v) is 13.0. The summed E-state index contributed by atoms with van der Waals surface area (Å²) in [6, 6.07) is 7.88. The molecule has 13 heteroatoms. The summed E-state index contributed by atoms with van der Waals surface area (Å²) in [5, 5.41) is 6.03. The summed E-state index contributed by atoms with van der Waals surface area (Å²) >= 11 is 6.34. The standard InChI is InChI=1S/C27H28ClF3N6O3/c1-26(2)14-39-22-23(35-26)32-15-33-25(22)40-21-10-16(4-5-20(21)28)24(38)34-18-11-17(27(29,30)31)12-19(13-18)37-8-6-36(3)7-9-37/h4-5,10-13,15H,6-9,14H2,1-3H3,(H,34,38)(H,32,33,35). The number of likely N-dealkylation sites (N-methyl/N-ethyl adjacent to an activating group) is 1. The Kier molecular flexibility index (Phi) is 7.40. The Hall–Kier alpha value is -3.77. The van der Waals surface area contributed by atoms with E-state index in [4.69, 9.17) is 21.1 Å². The molecule has 212 valence electrons. The van der Waals surface area contributed by atoms with Crippen molar-refractivity contribution in [2.45, 2.75) is 25.6 Å². The lowest BCUT2D eigenvalue weighted by atomic mass is 10.1. The molecule has 1 fully saturated rings. The average molecular weight is 577 g/mol. The van der Waals surface area contributed by atoms with E-state index >= 15 is 0 Å². The number of aromatic nitrogens is 2. The van der Waals surface area contributed by atoms with Crippen molar-refractivity contribution < 1.29 is 27.4 Å². The van der Waals surface area contributed by atoms with Gasteiger partial charge in [-0.15, -0.1) is 0 Å². The van der Waals surface area contributed by atoms with Crippen molar-refractivity contribution in [2.75, 3.05) is 55.4 Å². The van der Waals surface area contributed by atoms with Crippen LogP contribution in [0.4, 0.5) is 30.4 Å². The van der Waals surface area contributed by atoms with Crippen LogP contribution in [0.5, 0.6) is 17.4 Å². The number of benzene rings is 2. The summed E-state index contributed by atoms with van der Waals surface area (Å²) < 4.78 is 52.8. The number of amides is 1. The second-order valence-corrected chi connectivity index (χ2v) is 10.8. The third-order valence-electron chi connectivity index (χ3n) is 6.58. The number of carbonyl (C=O) groups is 1. The number of hydrogen-bond acceptors (Lipinski definition) is 8. The minimum Gasteiger partial charge on any atom is -0.483 e. The van der Waals surface area contributed by atoms with Crippen LogP contribution in [0.15, 0.2) is 42.7 Å². The molecule has 0 atom stereocenters. The van der Waals surface area contributed by atoms with Gasteiger partial charge in [-0.3, -0.25) is 4.79 Å². The van der Waals surface area contributed by atoms with Gasteiger partial charge in [0.05, 0.1) is 16.1 Å². The molecule has 1 amide bonds. The molecule has 5 rings (SSSR count). The molecule has 0 unspecified atom stereocenters. The third kappa shape index (κ3) is 6.18. The highest BCUT2D eigenvalue weighted by Gasteiger charge is 2.33. The van der Waals surface area contributed by atoms with Gasteiger partial charge in [0.2, 0.25) is 5.75 Å². The van der Waals surface area contributed by atoms with Gasteiger partial charge < -0.3 is 29.9 Å². The third-order valence-corrected chi connectivity index (χ3v) is 6.89. The van der Waals surface area contributed by atoms with Crippen molar-refractivity contribution in [3.8, 4) is 17.4 Å². The van der Waals surface area contributed by atoms with Gasteiger partial charge in [0.25, 0.3) is 11.8 Å². The zero-order valence-electron chi connectivity index (χ0n) is 22.1. The molecule has 0 spiro atoms. The Morgan fingerprint density at radius 2 is 1.88 bits per heavy atom. The molecule has 2 aromatic carbocycles. The first-order valence-electron chi connectivity index (χ1n) is 12.6.